The lowest BCUT2D eigenvalue weighted by molar-refractivity contribution is 0.224. The van der Waals surface area contributed by atoms with Gasteiger partial charge in [-0.15, -0.1) is 0 Å². The van der Waals surface area contributed by atoms with Crippen molar-refractivity contribution in [2.75, 3.05) is 35.7 Å². The number of carbonyl (C=O) groups excluding carboxylic acids is 1. The van der Waals surface area contributed by atoms with Gasteiger partial charge in [-0.3, -0.25) is 9.80 Å². The highest BCUT2D eigenvalue weighted by molar-refractivity contribution is 6.06. The topological polar surface area (TPSA) is 78.6 Å². The molecular weight excluding hydrogens is 347 g/mol. The van der Waals surface area contributed by atoms with Gasteiger partial charge in [-0.2, -0.15) is 4.98 Å². The highest BCUT2D eigenvalue weighted by Crippen LogP contribution is 2.35. The number of urea groups is 1. The third-order valence-electron chi connectivity index (χ3n) is 5.28. The number of hydrogen-bond donors (Lipinski definition) is 1. The number of hydrogen-bond acceptors (Lipinski definition) is 5. The molecule has 2 aromatic rings. The van der Waals surface area contributed by atoms with Crippen LogP contribution in [0.5, 0.6) is 0 Å². The molecule has 0 saturated carbocycles. The number of carbonyl (C=O) groups is 1. The summed E-state index contributed by atoms with van der Waals surface area (Å²) in [7, 11) is 2.04. The quantitative estimate of drug-likeness (QED) is 0.879. The molecule has 0 bridgehead atoms. The summed E-state index contributed by atoms with van der Waals surface area (Å²) in [5, 5.41) is 0. The normalized spacial score (nSPS) is 20.7. The lowest BCUT2D eigenvalue weighted by Crippen LogP contribution is -2.57. The SMILES string of the molecule is Cc1cccc(F)c1N1Cc2cnc(N)nc2N([C@H]2CCCN(C)C2)C1=O. The number of aromatic nitrogens is 2. The maximum absolute atomic E-state index is 14.6. The number of fused-ring (bicyclic) bond motifs is 1. The maximum atomic E-state index is 14.6. The minimum atomic E-state index is -0.413. The molecule has 0 spiro atoms. The summed E-state index contributed by atoms with van der Waals surface area (Å²) < 4.78 is 14.6. The van der Waals surface area contributed by atoms with E-state index in [4.69, 9.17) is 5.73 Å². The molecule has 1 aromatic carbocycles. The smallest absolute Gasteiger partial charge is 0.330 e. The van der Waals surface area contributed by atoms with E-state index in [1.165, 1.54) is 11.0 Å². The first-order chi connectivity index (χ1) is 13.0. The van der Waals surface area contributed by atoms with Crippen LogP contribution in [-0.2, 0) is 6.54 Å². The molecule has 27 heavy (non-hydrogen) atoms. The van der Waals surface area contributed by atoms with Crippen molar-refractivity contribution >= 4 is 23.5 Å². The molecule has 4 rings (SSSR count). The molecule has 0 unspecified atom stereocenters. The zero-order valence-corrected chi connectivity index (χ0v) is 15.5. The van der Waals surface area contributed by atoms with Gasteiger partial charge in [0.2, 0.25) is 5.95 Å². The number of piperidine rings is 1. The first kappa shape index (κ1) is 17.7. The monoisotopic (exact) mass is 370 g/mol. The van der Waals surface area contributed by atoms with E-state index in [-0.39, 0.29) is 24.6 Å². The number of anilines is 3. The summed E-state index contributed by atoms with van der Waals surface area (Å²) in [4.78, 5) is 27.3. The van der Waals surface area contributed by atoms with E-state index in [9.17, 15) is 9.18 Å². The minimum Gasteiger partial charge on any atom is -0.368 e. The van der Waals surface area contributed by atoms with Gasteiger partial charge in [-0.05, 0) is 45.0 Å². The minimum absolute atomic E-state index is 0.0424. The Hall–Kier alpha value is -2.74. The Morgan fingerprint density at radius 1 is 1.33 bits per heavy atom. The van der Waals surface area contributed by atoms with Crippen LogP contribution >= 0.6 is 0 Å². The molecule has 2 aliphatic rings. The number of aryl methyl sites for hydroxylation is 1. The number of rotatable bonds is 2. The number of para-hydroxylation sites is 1. The largest absolute Gasteiger partial charge is 0.368 e. The highest BCUT2D eigenvalue weighted by Gasteiger charge is 2.39. The second kappa shape index (κ2) is 6.77. The Balaban J connectivity index is 1.81. The average Bonchev–Trinajstić information content (AvgIpc) is 2.62. The van der Waals surface area contributed by atoms with Crippen LogP contribution in [0.3, 0.4) is 0 Å². The molecule has 7 nitrogen and oxygen atoms in total. The van der Waals surface area contributed by atoms with Crippen LogP contribution in [0.1, 0.15) is 24.0 Å². The van der Waals surface area contributed by atoms with Crippen LogP contribution < -0.4 is 15.5 Å². The van der Waals surface area contributed by atoms with E-state index in [0.29, 0.717) is 17.1 Å². The van der Waals surface area contributed by atoms with Gasteiger partial charge in [0.15, 0.2) is 0 Å². The van der Waals surface area contributed by atoms with Crippen LogP contribution in [0.2, 0.25) is 0 Å². The lowest BCUT2D eigenvalue weighted by Gasteiger charge is -2.43. The van der Waals surface area contributed by atoms with Gasteiger partial charge in [0.1, 0.15) is 11.6 Å². The summed E-state index contributed by atoms with van der Waals surface area (Å²) in [6.45, 7) is 3.75. The molecule has 2 amide bonds. The molecule has 0 radical (unpaired) electrons. The molecule has 2 N–H and O–H groups in total. The first-order valence-corrected chi connectivity index (χ1v) is 9.11. The Morgan fingerprint density at radius 2 is 2.15 bits per heavy atom. The molecule has 2 aliphatic heterocycles. The van der Waals surface area contributed by atoms with Crippen molar-refractivity contribution in [1.29, 1.82) is 0 Å². The van der Waals surface area contributed by atoms with E-state index in [1.807, 2.05) is 7.05 Å². The Labute approximate surface area is 157 Å². The molecule has 0 aliphatic carbocycles. The van der Waals surface area contributed by atoms with Crippen LogP contribution in [0, 0.1) is 12.7 Å². The Bertz CT molecular complexity index is 868. The zero-order valence-electron chi connectivity index (χ0n) is 15.5. The van der Waals surface area contributed by atoms with Crippen LogP contribution in [0.25, 0.3) is 0 Å². The predicted molar refractivity (Wildman–Crippen MR) is 102 cm³/mol. The molecule has 1 aromatic heterocycles. The van der Waals surface area contributed by atoms with Crippen molar-refractivity contribution in [2.45, 2.75) is 32.4 Å². The number of likely N-dealkylation sites (tertiary alicyclic amines) is 1. The Morgan fingerprint density at radius 3 is 2.89 bits per heavy atom. The van der Waals surface area contributed by atoms with E-state index < -0.39 is 5.82 Å². The molecule has 1 saturated heterocycles. The summed E-state index contributed by atoms with van der Waals surface area (Å²) in [6.07, 6.45) is 3.48. The second-order valence-corrected chi connectivity index (χ2v) is 7.28. The fourth-order valence-corrected chi connectivity index (χ4v) is 4.01. The number of likely N-dealkylation sites (N-methyl/N-ethyl adjacent to an activating group) is 1. The molecule has 142 valence electrons. The lowest BCUT2D eigenvalue weighted by atomic mass is 10.0. The van der Waals surface area contributed by atoms with Crippen molar-refractivity contribution in [3.63, 3.8) is 0 Å². The summed E-state index contributed by atoms with van der Waals surface area (Å²) in [5.41, 5.74) is 7.58. The molecular formula is C19H23FN6O. The van der Waals surface area contributed by atoms with E-state index >= 15 is 0 Å². The van der Waals surface area contributed by atoms with Crippen molar-refractivity contribution in [3.05, 3.63) is 41.3 Å². The number of nitrogens with two attached hydrogens (primary N) is 1. The van der Waals surface area contributed by atoms with Gasteiger partial charge < -0.3 is 10.6 Å². The third-order valence-corrected chi connectivity index (χ3v) is 5.28. The maximum Gasteiger partial charge on any atom is 0.330 e. The van der Waals surface area contributed by atoms with Gasteiger partial charge >= 0.3 is 6.03 Å². The zero-order chi connectivity index (χ0) is 19.1. The molecule has 8 heteroatoms. The first-order valence-electron chi connectivity index (χ1n) is 9.11. The number of nitrogens with zero attached hydrogens (tertiary/aromatic N) is 5. The summed E-state index contributed by atoms with van der Waals surface area (Å²) in [6, 6.07) is 4.52. The van der Waals surface area contributed by atoms with Gasteiger partial charge in [0.25, 0.3) is 0 Å². The Kier molecular flexibility index (Phi) is 4.43. The van der Waals surface area contributed by atoms with Crippen LogP contribution in [0.15, 0.2) is 24.4 Å². The van der Waals surface area contributed by atoms with Gasteiger partial charge in [0, 0.05) is 18.3 Å². The number of amides is 2. The van der Waals surface area contributed by atoms with Crippen LogP contribution in [0.4, 0.5) is 26.6 Å². The second-order valence-electron chi connectivity index (χ2n) is 7.28. The van der Waals surface area contributed by atoms with Gasteiger partial charge in [0.05, 0.1) is 18.3 Å². The van der Waals surface area contributed by atoms with Gasteiger partial charge in [-0.1, -0.05) is 12.1 Å². The van der Waals surface area contributed by atoms with E-state index in [0.717, 1.165) is 31.5 Å². The van der Waals surface area contributed by atoms with Crippen LogP contribution in [-0.4, -0.2) is 47.1 Å². The fourth-order valence-electron chi connectivity index (χ4n) is 4.01. The number of nitrogen functional groups attached to an aromatic ring is 1. The predicted octanol–water partition coefficient (Wildman–Crippen LogP) is 2.55. The standard InChI is InChI=1S/C19H23FN6O/c1-12-5-3-7-15(20)16(12)25-10-13-9-22-18(21)23-17(13)26(19(25)27)14-6-4-8-24(2)11-14/h3,5,7,9,14H,4,6,8,10-11H2,1-2H3,(H2,21,22,23)/t14-/m0/s1. The molecule has 3 heterocycles. The molecule has 1 atom stereocenters. The third kappa shape index (κ3) is 3.10. The van der Waals surface area contributed by atoms with Crippen molar-refractivity contribution in [2.24, 2.45) is 0 Å². The highest BCUT2D eigenvalue weighted by atomic mass is 19.1. The van der Waals surface area contributed by atoms with Gasteiger partial charge in [-0.25, -0.2) is 14.2 Å². The fraction of sp³-hybridized carbons (Fsp3) is 0.421. The van der Waals surface area contributed by atoms with E-state index in [2.05, 4.69) is 14.9 Å². The number of halogens is 1. The average molecular weight is 370 g/mol. The molecule has 1 fully saturated rings. The van der Waals surface area contributed by atoms with Crippen molar-refractivity contribution in [3.8, 4) is 0 Å². The summed E-state index contributed by atoms with van der Waals surface area (Å²) in [5.74, 6) is 0.258. The summed E-state index contributed by atoms with van der Waals surface area (Å²) >= 11 is 0. The van der Waals surface area contributed by atoms with Crippen molar-refractivity contribution < 1.29 is 9.18 Å². The van der Waals surface area contributed by atoms with Crippen molar-refractivity contribution in [1.82, 2.24) is 14.9 Å². The van der Waals surface area contributed by atoms with E-state index in [1.54, 1.807) is 30.2 Å². The number of benzene rings is 1.